The number of nitrogens with one attached hydrogen (secondary N) is 1. The van der Waals surface area contributed by atoms with Crippen LogP contribution in [-0.2, 0) is 17.8 Å². The lowest BCUT2D eigenvalue weighted by Crippen LogP contribution is -2.22. The molecular weight excluding hydrogens is 338 g/mol. The topological polar surface area (TPSA) is 46.6 Å². The van der Waals surface area contributed by atoms with Gasteiger partial charge in [-0.1, -0.05) is 0 Å². The van der Waals surface area contributed by atoms with E-state index in [9.17, 15) is 0 Å². The van der Waals surface area contributed by atoms with Gasteiger partial charge in [-0.25, -0.2) is 4.98 Å². The van der Waals surface area contributed by atoms with Crippen molar-refractivity contribution in [3.8, 4) is 5.75 Å². The summed E-state index contributed by atoms with van der Waals surface area (Å²) in [5, 5.41) is 4.66. The Balaban J connectivity index is 1.54. The molecule has 0 spiro atoms. The number of hydrogen-bond donors (Lipinski definition) is 1. The van der Waals surface area contributed by atoms with Crippen LogP contribution in [0.5, 0.6) is 5.75 Å². The van der Waals surface area contributed by atoms with Crippen molar-refractivity contribution < 1.29 is 9.47 Å². The highest BCUT2D eigenvalue weighted by Gasteiger charge is 2.19. The first-order valence-corrected chi connectivity index (χ1v) is 10.4. The van der Waals surface area contributed by atoms with Gasteiger partial charge in [-0.2, -0.15) is 0 Å². The van der Waals surface area contributed by atoms with Crippen molar-refractivity contribution >= 4 is 16.7 Å². The summed E-state index contributed by atoms with van der Waals surface area (Å²) in [6.45, 7) is 10.9. The molecule has 1 saturated heterocycles. The minimum atomic E-state index is 0.647. The summed E-state index contributed by atoms with van der Waals surface area (Å²) >= 11 is 0. The van der Waals surface area contributed by atoms with Gasteiger partial charge in [0, 0.05) is 30.1 Å². The van der Waals surface area contributed by atoms with Gasteiger partial charge >= 0.3 is 0 Å². The standard InChI is InChI=1S/C22H31N3O2/c1-3-23-22-19-15-26-12-7-17(19)18-13-16(2)21(14-20(18)24-22)27-11-6-10-25-8-4-5-9-25/h13-14H,3-12,15H2,1-2H3,(H,23,24). The Morgan fingerprint density at radius 1 is 1.22 bits per heavy atom. The molecule has 1 N–H and O–H groups in total. The minimum absolute atomic E-state index is 0.647. The number of hydrogen-bond acceptors (Lipinski definition) is 5. The Labute approximate surface area is 162 Å². The number of anilines is 1. The van der Waals surface area contributed by atoms with Crippen molar-refractivity contribution in [2.45, 2.75) is 46.1 Å². The maximum atomic E-state index is 6.14. The van der Waals surface area contributed by atoms with Crippen LogP contribution in [0.2, 0.25) is 0 Å². The molecule has 0 aliphatic carbocycles. The Bertz CT molecular complexity index is 800. The SMILES string of the molecule is CCNc1nc2cc(OCCCN3CCCC3)c(C)cc2c2c1COCC2. The zero-order valence-electron chi connectivity index (χ0n) is 16.6. The highest BCUT2D eigenvalue weighted by Crippen LogP contribution is 2.34. The van der Waals surface area contributed by atoms with Gasteiger partial charge < -0.3 is 19.7 Å². The van der Waals surface area contributed by atoms with Crippen LogP contribution in [-0.4, -0.2) is 49.3 Å². The lowest BCUT2D eigenvalue weighted by Gasteiger charge is -2.22. The molecule has 5 heteroatoms. The molecule has 146 valence electrons. The molecule has 4 rings (SSSR count). The van der Waals surface area contributed by atoms with Crippen molar-refractivity contribution in [1.29, 1.82) is 0 Å². The predicted molar refractivity (Wildman–Crippen MR) is 110 cm³/mol. The van der Waals surface area contributed by atoms with Gasteiger partial charge in [0.05, 0.1) is 25.3 Å². The smallest absolute Gasteiger partial charge is 0.132 e. The second-order valence-corrected chi connectivity index (χ2v) is 7.64. The largest absolute Gasteiger partial charge is 0.493 e. The summed E-state index contributed by atoms with van der Waals surface area (Å²) in [4.78, 5) is 7.43. The fourth-order valence-corrected chi connectivity index (χ4v) is 4.24. The van der Waals surface area contributed by atoms with Gasteiger partial charge in [0.1, 0.15) is 11.6 Å². The number of aromatic nitrogens is 1. The average Bonchev–Trinajstić information content (AvgIpc) is 3.20. The minimum Gasteiger partial charge on any atom is -0.493 e. The Kier molecular flexibility index (Phi) is 5.79. The van der Waals surface area contributed by atoms with Gasteiger partial charge in [0.15, 0.2) is 0 Å². The number of benzene rings is 1. The van der Waals surface area contributed by atoms with E-state index in [1.807, 2.05) is 0 Å². The van der Waals surface area contributed by atoms with E-state index in [4.69, 9.17) is 14.5 Å². The van der Waals surface area contributed by atoms with Crippen LogP contribution in [0.25, 0.3) is 10.9 Å². The first-order chi connectivity index (χ1) is 13.3. The van der Waals surface area contributed by atoms with Crippen LogP contribution in [0.3, 0.4) is 0 Å². The molecule has 0 unspecified atom stereocenters. The number of nitrogens with zero attached hydrogens (tertiary/aromatic N) is 2. The molecule has 1 aromatic carbocycles. The lowest BCUT2D eigenvalue weighted by atomic mass is 9.97. The zero-order chi connectivity index (χ0) is 18.6. The number of rotatable bonds is 7. The second kappa shape index (κ2) is 8.44. The van der Waals surface area contributed by atoms with Gasteiger partial charge in [0.25, 0.3) is 0 Å². The molecule has 0 radical (unpaired) electrons. The Morgan fingerprint density at radius 2 is 2.07 bits per heavy atom. The van der Waals surface area contributed by atoms with E-state index in [2.05, 4.69) is 36.2 Å². The number of ether oxygens (including phenoxy) is 2. The van der Waals surface area contributed by atoms with Crippen LogP contribution in [0.4, 0.5) is 5.82 Å². The van der Waals surface area contributed by atoms with Crippen LogP contribution < -0.4 is 10.1 Å². The lowest BCUT2D eigenvalue weighted by molar-refractivity contribution is 0.111. The molecule has 5 nitrogen and oxygen atoms in total. The van der Waals surface area contributed by atoms with E-state index in [1.165, 1.54) is 48.0 Å². The van der Waals surface area contributed by atoms with Crippen LogP contribution in [0, 0.1) is 6.92 Å². The van der Waals surface area contributed by atoms with Crippen molar-refractivity contribution in [2.75, 3.05) is 44.7 Å². The Morgan fingerprint density at radius 3 is 2.89 bits per heavy atom. The molecule has 2 aliphatic heterocycles. The van der Waals surface area contributed by atoms with Crippen molar-refractivity contribution in [1.82, 2.24) is 9.88 Å². The average molecular weight is 370 g/mol. The van der Waals surface area contributed by atoms with Crippen LogP contribution >= 0.6 is 0 Å². The van der Waals surface area contributed by atoms with E-state index in [0.29, 0.717) is 6.61 Å². The van der Waals surface area contributed by atoms with Gasteiger partial charge in [-0.15, -0.1) is 0 Å². The molecule has 2 aliphatic rings. The third kappa shape index (κ3) is 4.04. The monoisotopic (exact) mass is 369 g/mol. The number of aryl methyl sites for hydroxylation is 1. The van der Waals surface area contributed by atoms with E-state index < -0.39 is 0 Å². The summed E-state index contributed by atoms with van der Waals surface area (Å²) in [7, 11) is 0. The fraction of sp³-hybridized carbons (Fsp3) is 0.591. The van der Waals surface area contributed by atoms with Crippen molar-refractivity contribution in [3.05, 3.63) is 28.8 Å². The summed E-state index contributed by atoms with van der Waals surface area (Å²) in [6, 6.07) is 4.37. The highest BCUT2D eigenvalue weighted by molar-refractivity contribution is 5.88. The molecule has 1 fully saturated rings. The van der Waals surface area contributed by atoms with E-state index in [0.717, 1.165) is 56.2 Å². The molecular formula is C22H31N3O2. The molecule has 0 bridgehead atoms. The summed E-state index contributed by atoms with van der Waals surface area (Å²) in [5.74, 6) is 1.93. The van der Waals surface area contributed by atoms with Gasteiger partial charge in [-0.3, -0.25) is 0 Å². The molecule has 1 aromatic heterocycles. The summed E-state index contributed by atoms with van der Waals surface area (Å²) in [5.41, 5.74) is 4.81. The first-order valence-electron chi connectivity index (χ1n) is 10.4. The molecule has 2 aromatic rings. The molecule has 0 saturated carbocycles. The van der Waals surface area contributed by atoms with Crippen molar-refractivity contribution in [2.24, 2.45) is 0 Å². The van der Waals surface area contributed by atoms with E-state index in [1.54, 1.807) is 0 Å². The van der Waals surface area contributed by atoms with Gasteiger partial charge in [0.2, 0.25) is 0 Å². The number of likely N-dealkylation sites (tertiary alicyclic amines) is 1. The predicted octanol–water partition coefficient (Wildman–Crippen LogP) is 3.91. The fourth-order valence-electron chi connectivity index (χ4n) is 4.24. The number of fused-ring (bicyclic) bond motifs is 3. The van der Waals surface area contributed by atoms with E-state index in [-0.39, 0.29) is 0 Å². The normalized spacial score (nSPS) is 17.3. The third-order valence-corrected chi connectivity index (χ3v) is 5.66. The quantitative estimate of drug-likeness (QED) is 0.750. The molecule has 0 atom stereocenters. The number of pyridine rings is 1. The third-order valence-electron chi connectivity index (χ3n) is 5.66. The first kappa shape index (κ1) is 18.5. The highest BCUT2D eigenvalue weighted by atomic mass is 16.5. The van der Waals surface area contributed by atoms with Crippen LogP contribution in [0.15, 0.2) is 12.1 Å². The molecule has 27 heavy (non-hydrogen) atoms. The maximum Gasteiger partial charge on any atom is 0.132 e. The van der Waals surface area contributed by atoms with Gasteiger partial charge in [-0.05, 0) is 69.8 Å². The summed E-state index contributed by atoms with van der Waals surface area (Å²) in [6.07, 6.45) is 4.72. The van der Waals surface area contributed by atoms with Crippen LogP contribution in [0.1, 0.15) is 42.9 Å². The second-order valence-electron chi connectivity index (χ2n) is 7.64. The zero-order valence-corrected chi connectivity index (χ0v) is 16.6. The Hall–Kier alpha value is -1.85. The molecule has 3 heterocycles. The summed E-state index contributed by atoms with van der Waals surface area (Å²) < 4.78 is 11.8. The maximum absolute atomic E-state index is 6.14. The van der Waals surface area contributed by atoms with Crippen molar-refractivity contribution in [3.63, 3.8) is 0 Å². The van der Waals surface area contributed by atoms with E-state index >= 15 is 0 Å². The molecule has 0 amide bonds.